The van der Waals surface area contributed by atoms with E-state index in [1.165, 1.54) is 16.1 Å². The van der Waals surface area contributed by atoms with Gasteiger partial charge in [0.15, 0.2) is 0 Å². The standard InChI is InChI=1S/C20H20N2OS/c23-19(11-10-16-6-2-1-3-7-16)22-14-13-21-12-4-8-17(21)20(22)18-9-5-15-24-18/h1-9,12,15,20H,10-11,13-14H2. The predicted octanol–water partition coefficient (Wildman–Crippen LogP) is 4.11. The lowest BCUT2D eigenvalue weighted by molar-refractivity contribution is -0.133. The molecular formula is C20H20N2OS. The zero-order valence-corrected chi connectivity index (χ0v) is 14.3. The summed E-state index contributed by atoms with van der Waals surface area (Å²) in [4.78, 5) is 16.2. The van der Waals surface area contributed by atoms with Gasteiger partial charge in [0.2, 0.25) is 5.91 Å². The first-order valence-corrected chi connectivity index (χ1v) is 9.23. The molecule has 0 spiro atoms. The molecule has 1 unspecified atom stereocenters. The van der Waals surface area contributed by atoms with Crippen LogP contribution in [0.4, 0.5) is 0 Å². The number of thiophene rings is 1. The molecule has 1 aromatic carbocycles. The van der Waals surface area contributed by atoms with Crippen LogP contribution in [0.3, 0.4) is 0 Å². The zero-order valence-electron chi connectivity index (χ0n) is 13.5. The Morgan fingerprint density at radius 1 is 1.04 bits per heavy atom. The molecule has 1 aliphatic heterocycles. The van der Waals surface area contributed by atoms with Crippen molar-refractivity contribution in [3.8, 4) is 0 Å². The topological polar surface area (TPSA) is 25.2 Å². The summed E-state index contributed by atoms with van der Waals surface area (Å²) in [5, 5.41) is 2.09. The van der Waals surface area contributed by atoms with E-state index < -0.39 is 0 Å². The van der Waals surface area contributed by atoms with Gasteiger partial charge < -0.3 is 9.47 Å². The Morgan fingerprint density at radius 2 is 1.92 bits per heavy atom. The number of amides is 1. The number of aryl methyl sites for hydroxylation is 1. The van der Waals surface area contributed by atoms with Crippen LogP contribution in [0.25, 0.3) is 0 Å². The highest BCUT2D eigenvalue weighted by Crippen LogP contribution is 2.35. The van der Waals surface area contributed by atoms with Crippen LogP contribution in [0.2, 0.25) is 0 Å². The normalized spacial score (nSPS) is 16.8. The first-order valence-electron chi connectivity index (χ1n) is 8.35. The van der Waals surface area contributed by atoms with Gasteiger partial charge in [-0.15, -0.1) is 11.3 Å². The van der Waals surface area contributed by atoms with E-state index in [4.69, 9.17) is 0 Å². The van der Waals surface area contributed by atoms with Crippen molar-refractivity contribution in [1.82, 2.24) is 9.47 Å². The highest BCUT2D eigenvalue weighted by atomic mass is 32.1. The van der Waals surface area contributed by atoms with Crippen LogP contribution in [0.5, 0.6) is 0 Å². The molecule has 3 nitrogen and oxygen atoms in total. The summed E-state index contributed by atoms with van der Waals surface area (Å²) in [6.07, 6.45) is 3.47. The summed E-state index contributed by atoms with van der Waals surface area (Å²) in [5.41, 5.74) is 2.44. The smallest absolute Gasteiger partial charge is 0.223 e. The van der Waals surface area contributed by atoms with Gasteiger partial charge in [-0.2, -0.15) is 0 Å². The molecule has 4 rings (SSSR count). The lowest BCUT2D eigenvalue weighted by Crippen LogP contribution is -2.42. The number of nitrogens with zero attached hydrogens (tertiary/aromatic N) is 2. The molecule has 4 heteroatoms. The summed E-state index contributed by atoms with van der Waals surface area (Å²) in [6, 6.07) is 18.7. The quantitative estimate of drug-likeness (QED) is 0.704. The Morgan fingerprint density at radius 3 is 2.71 bits per heavy atom. The number of carbonyl (C=O) groups is 1. The van der Waals surface area contributed by atoms with E-state index in [0.717, 1.165) is 19.5 Å². The summed E-state index contributed by atoms with van der Waals surface area (Å²) < 4.78 is 2.27. The number of aromatic nitrogens is 1. The second kappa shape index (κ2) is 6.65. The van der Waals surface area contributed by atoms with Crippen molar-refractivity contribution < 1.29 is 4.79 Å². The maximum atomic E-state index is 12.9. The average molecular weight is 336 g/mol. The van der Waals surface area contributed by atoms with Crippen molar-refractivity contribution in [3.63, 3.8) is 0 Å². The van der Waals surface area contributed by atoms with Crippen LogP contribution in [-0.2, 0) is 17.8 Å². The fourth-order valence-corrected chi connectivity index (χ4v) is 4.29. The molecule has 0 saturated heterocycles. The second-order valence-corrected chi connectivity index (χ2v) is 7.10. The molecule has 3 heterocycles. The lowest BCUT2D eigenvalue weighted by atomic mass is 10.0. The van der Waals surface area contributed by atoms with E-state index in [2.05, 4.69) is 57.4 Å². The number of carbonyl (C=O) groups excluding carboxylic acids is 1. The molecule has 0 aliphatic carbocycles. The van der Waals surface area contributed by atoms with Crippen LogP contribution >= 0.6 is 11.3 Å². The van der Waals surface area contributed by atoms with Crippen molar-refractivity contribution in [1.29, 1.82) is 0 Å². The summed E-state index contributed by atoms with van der Waals surface area (Å²) in [7, 11) is 0. The first kappa shape index (κ1) is 15.2. The van der Waals surface area contributed by atoms with Crippen LogP contribution in [0.15, 0.2) is 66.2 Å². The number of hydrogen-bond donors (Lipinski definition) is 0. The number of rotatable bonds is 4. The molecule has 0 bridgehead atoms. The summed E-state index contributed by atoms with van der Waals surface area (Å²) in [6.45, 7) is 1.65. The van der Waals surface area contributed by atoms with E-state index >= 15 is 0 Å². The van der Waals surface area contributed by atoms with Crippen molar-refractivity contribution in [2.24, 2.45) is 0 Å². The van der Waals surface area contributed by atoms with Gasteiger partial charge >= 0.3 is 0 Å². The maximum absolute atomic E-state index is 12.9. The van der Waals surface area contributed by atoms with Crippen LogP contribution in [0, 0.1) is 0 Å². The Hall–Kier alpha value is -2.33. The molecule has 0 radical (unpaired) electrons. The van der Waals surface area contributed by atoms with Gasteiger partial charge in [-0.25, -0.2) is 0 Å². The molecule has 122 valence electrons. The number of fused-ring (bicyclic) bond motifs is 1. The third kappa shape index (κ3) is 2.89. The molecule has 0 saturated carbocycles. The van der Waals surface area contributed by atoms with E-state index in [1.807, 2.05) is 18.2 Å². The Labute approximate surface area is 146 Å². The SMILES string of the molecule is O=C(CCc1ccccc1)N1CCn2cccc2C1c1cccs1. The average Bonchev–Trinajstić information content (AvgIpc) is 3.31. The molecule has 0 fully saturated rings. The molecule has 24 heavy (non-hydrogen) atoms. The van der Waals surface area contributed by atoms with Gasteiger partial charge in [-0.1, -0.05) is 36.4 Å². The Kier molecular flexibility index (Phi) is 4.22. The van der Waals surface area contributed by atoms with Gasteiger partial charge in [-0.05, 0) is 35.6 Å². The Balaban J connectivity index is 1.56. The van der Waals surface area contributed by atoms with E-state index in [0.29, 0.717) is 6.42 Å². The van der Waals surface area contributed by atoms with Crippen LogP contribution in [0.1, 0.15) is 28.6 Å². The number of hydrogen-bond acceptors (Lipinski definition) is 2. The highest BCUT2D eigenvalue weighted by molar-refractivity contribution is 7.10. The fraction of sp³-hybridized carbons (Fsp3) is 0.250. The maximum Gasteiger partial charge on any atom is 0.223 e. The zero-order chi connectivity index (χ0) is 16.4. The van der Waals surface area contributed by atoms with Crippen LogP contribution < -0.4 is 0 Å². The van der Waals surface area contributed by atoms with Gasteiger partial charge in [-0.3, -0.25) is 4.79 Å². The minimum atomic E-state index is 0.0528. The summed E-state index contributed by atoms with van der Waals surface area (Å²) >= 11 is 1.72. The van der Waals surface area contributed by atoms with Gasteiger partial charge in [0, 0.05) is 36.3 Å². The monoisotopic (exact) mass is 336 g/mol. The van der Waals surface area contributed by atoms with Crippen LogP contribution in [-0.4, -0.2) is 21.9 Å². The fourth-order valence-electron chi connectivity index (χ4n) is 3.44. The van der Waals surface area contributed by atoms with Crippen molar-refractivity contribution >= 4 is 17.2 Å². The highest BCUT2D eigenvalue weighted by Gasteiger charge is 2.32. The minimum Gasteiger partial charge on any atom is -0.347 e. The Bertz CT molecular complexity index is 807. The van der Waals surface area contributed by atoms with Gasteiger partial charge in [0.05, 0.1) is 0 Å². The third-order valence-electron chi connectivity index (χ3n) is 4.64. The molecule has 1 amide bonds. The van der Waals surface area contributed by atoms with Crippen molar-refractivity contribution in [2.75, 3.05) is 6.54 Å². The second-order valence-electron chi connectivity index (χ2n) is 6.12. The van der Waals surface area contributed by atoms with Gasteiger partial charge in [0.25, 0.3) is 0 Å². The largest absolute Gasteiger partial charge is 0.347 e. The molecule has 2 aromatic heterocycles. The van der Waals surface area contributed by atoms with E-state index in [-0.39, 0.29) is 11.9 Å². The number of benzene rings is 1. The first-order chi connectivity index (χ1) is 11.8. The summed E-state index contributed by atoms with van der Waals surface area (Å²) in [5.74, 6) is 0.240. The van der Waals surface area contributed by atoms with Crippen molar-refractivity contribution in [2.45, 2.75) is 25.4 Å². The van der Waals surface area contributed by atoms with Crippen molar-refractivity contribution in [3.05, 3.63) is 82.3 Å². The lowest BCUT2D eigenvalue weighted by Gasteiger charge is -2.36. The molecule has 1 aliphatic rings. The predicted molar refractivity (Wildman–Crippen MR) is 97.1 cm³/mol. The van der Waals surface area contributed by atoms with E-state index in [9.17, 15) is 4.79 Å². The van der Waals surface area contributed by atoms with E-state index in [1.54, 1.807) is 11.3 Å². The minimum absolute atomic E-state index is 0.0528. The molecular weight excluding hydrogens is 316 g/mol. The third-order valence-corrected chi connectivity index (χ3v) is 5.57. The molecule has 0 N–H and O–H groups in total. The molecule has 3 aromatic rings. The van der Waals surface area contributed by atoms with Gasteiger partial charge in [0.1, 0.15) is 6.04 Å². The molecule has 1 atom stereocenters.